The Morgan fingerprint density at radius 2 is 1.75 bits per heavy atom. The number of rotatable bonds is 5. The molecule has 2 atom stereocenters. The van der Waals surface area contributed by atoms with Crippen LogP contribution in [0.4, 0.5) is 0 Å². The fourth-order valence-corrected chi connectivity index (χ4v) is 6.45. The first-order chi connectivity index (χ1) is 9.07. The van der Waals surface area contributed by atoms with E-state index in [9.17, 15) is 4.57 Å². The zero-order valence-electron chi connectivity index (χ0n) is 13.9. The van der Waals surface area contributed by atoms with E-state index in [1.54, 1.807) is 0 Å². The van der Waals surface area contributed by atoms with E-state index < -0.39 is 7.60 Å². The maximum absolute atomic E-state index is 13.1. The summed E-state index contributed by atoms with van der Waals surface area (Å²) in [7, 11) is -3.15. The van der Waals surface area contributed by atoms with Crippen LogP contribution in [-0.4, -0.2) is 30.1 Å². The van der Waals surface area contributed by atoms with Gasteiger partial charge in [0.15, 0.2) is 0 Å². The lowest BCUT2D eigenvalue weighted by Crippen LogP contribution is -2.55. The Morgan fingerprint density at radius 1 is 1.25 bits per heavy atom. The molecule has 0 saturated carbocycles. The highest BCUT2D eigenvalue weighted by Gasteiger charge is 2.50. The van der Waals surface area contributed by atoms with Gasteiger partial charge in [0.2, 0.25) is 0 Å². The number of hydrogen-bond acceptors (Lipinski definition) is 5. The van der Waals surface area contributed by atoms with Crippen molar-refractivity contribution in [3.63, 3.8) is 0 Å². The molecule has 1 aliphatic heterocycles. The van der Waals surface area contributed by atoms with Crippen molar-refractivity contribution in [1.82, 2.24) is 5.32 Å². The summed E-state index contributed by atoms with van der Waals surface area (Å²) in [6, 6.07) is 0. The molecular formula is C14H30NO3PS. The smallest absolute Gasteiger partial charge is 0.308 e. The molecule has 0 bridgehead atoms. The number of thioether (sulfide) groups is 1. The summed E-state index contributed by atoms with van der Waals surface area (Å²) in [5.41, 5.74) is -0.0328. The Morgan fingerprint density at radius 3 is 2.15 bits per heavy atom. The monoisotopic (exact) mass is 323 g/mol. The lowest BCUT2D eigenvalue weighted by molar-refractivity contribution is 0.170. The predicted octanol–water partition coefficient (Wildman–Crippen LogP) is 4.31. The van der Waals surface area contributed by atoms with Gasteiger partial charge in [0.05, 0.1) is 18.6 Å². The van der Waals surface area contributed by atoms with Crippen LogP contribution in [-0.2, 0) is 13.6 Å². The topological polar surface area (TPSA) is 47.6 Å². The second kappa shape index (κ2) is 6.70. The largest absolute Gasteiger partial charge is 0.348 e. The van der Waals surface area contributed by atoms with Crippen molar-refractivity contribution < 1.29 is 13.6 Å². The average molecular weight is 323 g/mol. The molecule has 6 heteroatoms. The lowest BCUT2D eigenvalue weighted by Gasteiger charge is -2.48. The molecular weight excluding hydrogens is 293 g/mol. The quantitative estimate of drug-likeness (QED) is 0.764. The standard InChI is InChI=1S/C14H30NO3PS/c1-8-17-19(16,18-9-2)11-14(6,7)10-20-12(15-11)13(3,4)5/h11-12,15H,8-10H2,1-7H3/t11-,12-/m0/s1. The van der Waals surface area contributed by atoms with Gasteiger partial charge in [0.25, 0.3) is 0 Å². The highest BCUT2D eigenvalue weighted by molar-refractivity contribution is 8.00. The third kappa shape index (κ3) is 4.23. The maximum atomic E-state index is 13.1. The molecule has 1 rings (SSSR count). The van der Waals surface area contributed by atoms with Crippen LogP contribution in [0.5, 0.6) is 0 Å². The molecule has 0 aromatic heterocycles. The van der Waals surface area contributed by atoms with Gasteiger partial charge in [0, 0.05) is 11.2 Å². The molecule has 20 heavy (non-hydrogen) atoms. The normalized spacial score (nSPS) is 27.6. The molecule has 0 aromatic carbocycles. The van der Waals surface area contributed by atoms with Crippen molar-refractivity contribution in [3.8, 4) is 0 Å². The Bertz CT molecular complexity index is 358. The molecule has 0 aromatic rings. The third-order valence-electron chi connectivity index (χ3n) is 3.39. The van der Waals surface area contributed by atoms with Gasteiger partial charge in [-0.15, -0.1) is 11.8 Å². The van der Waals surface area contributed by atoms with Crippen LogP contribution in [0.3, 0.4) is 0 Å². The second-order valence-electron chi connectivity index (χ2n) is 6.99. The highest BCUT2D eigenvalue weighted by Crippen LogP contribution is 2.60. The molecule has 1 saturated heterocycles. The van der Waals surface area contributed by atoms with E-state index in [0.717, 1.165) is 5.75 Å². The van der Waals surface area contributed by atoms with E-state index >= 15 is 0 Å². The molecule has 1 heterocycles. The number of nitrogens with one attached hydrogen (secondary N) is 1. The van der Waals surface area contributed by atoms with Crippen molar-refractivity contribution >= 4 is 19.4 Å². The van der Waals surface area contributed by atoms with Crippen molar-refractivity contribution in [2.45, 2.75) is 59.6 Å². The van der Waals surface area contributed by atoms with Gasteiger partial charge in [-0.25, -0.2) is 0 Å². The van der Waals surface area contributed by atoms with E-state index in [-0.39, 0.29) is 22.0 Å². The summed E-state index contributed by atoms with van der Waals surface area (Å²) in [4.78, 5) is 0. The van der Waals surface area contributed by atoms with Gasteiger partial charge in [0.1, 0.15) is 5.78 Å². The van der Waals surface area contributed by atoms with Gasteiger partial charge < -0.3 is 9.05 Å². The van der Waals surface area contributed by atoms with Crippen LogP contribution < -0.4 is 5.32 Å². The summed E-state index contributed by atoms with van der Waals surface area (Å²) < 4.78 is 24.3. The van der Waals surface area contributed by atoms with E-state index in [2.05, 4.69) is 39.9 Å². The highest BCUT2D eigenvalue weighted by atomic mass is 32.2. The lowest BCUT2D eigenvalue weighted by atomic mass is 9.92. The minimum Gasteiger partial charge on any atom is -0.308 e. The minimum atomic E-state index is -3.15. The summed E-state index contributed by atoms with van der Waals surface area (Å²) in [5, 5.41) is 3.79. The van der Waals surface area contributed by atoms with Crippen LogP contribution in [0, 0.1) is 10.8 Å². The van der Waals surface area contributed by atoms with Gasteiger partial charge in [-0.3, -0.25) is 9.88 Å². The zero-order chi connectivity index (χ0) is 15.6. The number of hydrogen-bond donors (Lipinski definition) is 1. The Labute approximate surface area is 128 Å². The first-order valence-electron chi connectivity index (χ1n) is 7.33. The molecule has 0 amide bonds. The SMILES string of the molecule is CCOP(=O)(OCC)[C@@H]1N[C@H](C(C)(C)C)SCC1(C)C. The summed E-state index contributed by atoms with van der Waals surface area (Å²) in [6.45, 7) is 15.4. The summed E-state index contributed by atoms with van der Waals surface area (Å²) in [5.74, 6) is 0.678. The van der Waals surface area contributed by atoms with E-state index in [1.807, 2.05) is 25.6 Å². The fraction of sp³-hybridized carbons (Fsp3) is 1.00. The molecule has 1 fully saturated rings. The van der Waals surface area contributed by atoms with Gasteiger partial charge in [-0.05, 0) is 19.3 Å². The van der Waals surface area contributed by atoms with Crippen molar-refractivity contribution in [2.24, 2.45) is 10.8 Å². The second-order valence-corrected chi connectivity index (χ2v) is 10.2. The Hall–Kier alpha value is 0.460. The van der Waals surface area contributed by atoms with Gasteiger partial charge in [-0.1, -0.05) is 34.6 Å². The zero-order valence-corrected chi connectivity index (χ0v) is 15.6. The summed E-state index contributed by atoms with van der Waals surface area (Å²) in [6.07, 6.45) is 0. The van der Waals surface area contributed by atoms with Crippen LogP contribution in [0.2, 0.25) is 0 Å². The fourth-order valence-electron chi connectivity index (χ4n) is 2.36. The first kappa shape index (κ1) is 18.5. The molecule has 1 N–H and O–H groups in total. The van der Waals surface area contributed by atoms with Crippen LogP contribution in [0.25, 0.3) is 0 Å². The van der Waals surface area contributed by atoms with Gasteiger partial charge >= 0.3 is 7.60 Å². The van der Waals surface area contributed by atoms with Crippen molar-refractivity contribution in [2.75, 3.05) is 19.0 Å². The average Bonchev–Trinajstić information content (AvgIpc) is 2.27. The first-order valence-corrected chi connectivity index (χ1v) is 9.99. The minimum absolute atomic E-state index is 0.0999. The third-order valence-corrected chi connectivity index (χ3v) is 8.20. The molecule has 0 spiro atoms. The van der Waals surface area contributed by atoms with E-state index in [4.69, 9.17) is 9.05 Å². The van der Waals surface area contributed by atoms with Crippen molar-refractivity contribution in [3.05, 3.63) is 0 Å². The van der Waals surface area contributed by atoms with Crippen molar-refractivity contribution in [1.29, 1.82) is 0 Å². The maximum Gasteiger partial charge on any atom is 0.348 e. The Balaban J connectivity index is 3.04. The van der Waals surface area contributed by atoms with Crippen LogP contribution >= 0.6 is 19.4 Å². The molecule has 1 aliphatic rings. The predicted molar refractivity (Wildman–Crippen MR) is 87.3 cm³/mol. The summed E-state index contributed by atoms with van der Waals surface area (Å²) >= 11 is 1.89. The van der Waals surface area contributed by atoms with Gasteiger partial charge in [-0.2, -0.15) is 0 Å². The Kier molecular flexibility index (Phi) is 6.20. The molecule has 0 radical (unpaired) electrons. The van der Waals surface area contributed by atoms with Crippen LogP contribution in [0.15, 0.2) is 0 Å². The van der Waals surface area contributed by atoms with Crippen LogP contribution in [0.1, 0.15) is 48.5 Å². The van der Waals surface area contributed by atoms with E-state index in [0.29, 0.717) is 13.2 Å². The molecule has 120 valence electrons. The molecule has 4 nitrogen and oxygen atoms in total. The molecule has 0 aliphatic carbocycles. The van der Waals surface area contributed by atoms with E-state index in [1.165, 1.54) is 0 Å². The molecule has 0 unspecified atom stereocenters.